The molecule has 0 aliphatic rings. The molecule has 0 aromatic heterocycles. The van der Waals surface area contributed by atoms with Gasteiger partial charge in [-0.15, -0.1) is 0 Å². The number of hydrogen-bond donors (Lipinski definition) is 2. The monoisotopic (exact) mass is 259 g/mol. The lowest BCUT2D eigenvalue weighted by Crippen LogP contribution is -2.27. The third-order valence-corrected chi connectivity index (χ3v) is 2.63. The van der Waals surface area contributed by atoms with Crippen molar-refractivity contribution in [1.29, 1.82) is 0 Å². The van der Waals surface area contributed by atoms with Crippen LogP contribution in [0.5, 0.6) is 0 Å². The number of aliphatic hydroxyl groups is 1. The number of hydrogen-bond acceptors (Lipinski definition) is 2. The van der Waals surface area contributed by atoms with E-state index in [0.29, 0.717) is 6.42 Å². The molecule has 0 saturated heterocycles. The third kappa shape index (κ3) is 4.76. The lowest BCUT2D eigenvalue weighted by Gasteiger charge is -2.18. The van der Waals surface area contributed by atoms with Crippen molar-refractivity contribution >= 4 is 11.6 Å². The highest BCUT2D eigenvalue weighted by Gasteiger charge is 2.21. The van der Waals surface area contributed by atoms with Crippen molar-refractivity contribution < 1.29 is 9.90 Å². The number of rotatable bonds is 2. The molecule has 1 aromatic carbocycles. The first-order chi connectivity index (χ1) is 8.84. The number of nitrogens with one attached hydrogen (secondary N) is 1. The SMILES string of the molecule is Cc1cc(NC(=O)C(C)(C)C)ccc1C#CCCO. The second kappa shape index (κ2) is 6.40. The van der Waals surface area contributed by atoms with Crippen molar-refractivity contribution in [3.05, 3.63) is 29.3 Å². The molecule has 19 heavy (non-hydrogen) atoms. The summed E-state index contributed by atoms with van der Waals surface area (Å²) in [6.07, 6.45) is 0.474. The van der Waals surface area contributed by atoms with Gasteiger partial charge in [-0.3, -0.25) is 4.79 Å². The van der Waals surface area contributed by atoms with Gasteiger partial charge in [-0.25, -0.2) is 0 Å². The van der Waals surface area contributed by atoms with Crippen molar-refractivity contribution in [3.8, 4) is 11.8 Å². The molecule has 3 heteroatoms. The summed E-state index contributed by atoms with van der Waals surface area (Å²) in [5, 5.41) is 11.6. The second-order valence-corrected chi connectivity index (χ2v) is 5.51. The molecule has 102 valence electrons. The summed E-state index contributed by atoms with van der Waals surface area (Å²) in [6.45, 7) is 7.67. The average molecular weight is 259 g/mol. The molecule has 0 saturated carbocycles. The normalized spacial score (nSPS) is 10.6. The van der Waals surface area contributed by atoms with Crippen LogP contribution < -0.4 is 5.32 Å². The van der Waals surface area contributed by atoms with Crippen LogP contribution in [0, 0.1) is 24.2 Å². The lowest BCUT2D eigenvalue weighted by molar-refractivity contribution is -0.123. The molecule has 2 N–H and O–H groups in total. The van der Waals surface area contributed by atoms with E-state index in [0.717, 1.165) is 16.8 Å². The van der Waals surface area contributed by atoms with E-state index in [9.17, 15) is 4.79 Å². The molecule has 0 spiro atoms. The van der Waals surface area contributed by atoms with Gasteiger partial charge in [-0.05, 0) is 30.7 Å². The van der Waals surface area contributed by atoms with Crippen LogP contribution in [0.2, 0.25) is 0 Å². The van der Waals surface area contributed by atoms with Crippen molar-refractivity contribution in [1.82, 2.24) is 0 Å². The summed E-state index contributed by atoms with van der Waals surface area (Å²) in [6, 6.07) is 5.64. The fraction of sp³-hybridized carbons (Fsp3) is 0.438. The highest BCUT2D eigenvalue weighted by Crippen LogP contribution is 2.19. The Hall–Kier alpha value is -1.79. The fourth-order valence-corrected chi connectivity index (χ4v) is 1.41. The van der Waals surface area contributed by atoms with Gasteiger partial charge in [0.25, 0.3) is 0 Å². The second-order valence-electron chi connectivity index (χ2n) is 5.51. The van der Waals surface area contributed by atoms with Gasteiger partial charge >= 0.3 is 0 Å². The summed E-state index contributed by atoms with van der Waals surface area (Å²) in [7, 11) is 0. The van der Waals surface area contributed by atoms with Crippen LogP contribution in [0.1, 0.15) is 38.3 Å². The van der Waals surface area contributed by atoms with Crippen LogP contribution in [-0.4, -0.2) is 17.6 Å². The van der Waals surface area contributed by atoms with Crippen LogP contribution in [0.15, 0.2) is 18.2 Å². The molecule has 3 nitrogen and oxygen atoms in total. The Morgan fingerprint density at radius 2 is 2.05 bits per heavy atom. The van der Waals surface area contributed by atoms with Gasteiger partial charge in [0.05, 0.1) is 6.61 Å². The number of amides is 1. The van der Waals surface area contributed by atoms with Gasteiger partial charge < -0.3 is 10.4 Å². The number of benzene rings is 1. The molecule has 0 aliphatic carbocycles. The van der Waals surface area contributed by atoms with Crippen LogP contribution in [0.4, 0.5) is 5.69 Å². The maximum absolute atomic E-state index is 11.9. The summed E-state index contributed by atoms with van der Waals surface area (Å²) in [5.74, 6) is 5.88. The highest BCUT2D eigenvalue weighted by molar-refractivity contribution is 5.94. The Balaban J connectivity index is 2.84. The first-order valence-corrected chi connectivity index (χ1v) is 6.36. The minimum absolute atomic E-state index is 0.00832. The van der Waals surface area contributed by atoms with Gasteiger partial charge in [0.2, 0.25) is 5.91 Å². The maximum atomic E-state index is 11.9. The van der Waals surface area contributed by atoms with Crippen LogP contribution >= 0.6 is 0 Å². The van der Waals surface area contributed by atoms with Crippen molar-refractivity contribution in [2.24, 2.45) is 5.41 Å². The molecule has 1 rings (SSSR count). The summed E-state index contributed by atoms with van der Waals surface area (Å²) in [5.41, 5.74) is 2.30. The Bertz CT molecular complexity index is 516. The van der Waals surface area contributed by atoms with Gasteiger partial charge in [0, 0.05) is 23.1 Å². The number of anilines is 1. The summed E-state index contributed by atoms with van der Waals surface area (Å²) in [4.78, 5) is 11.9. The zero-order chi connectivity index (χ0) is 14.5. The fourth-order valence-electron chi connectivity index (χ4n) is 1.41. The minimum Gasteiger partial charge on any atom is -0.395 e. The Morgan fingerprint density at radius 1 is 1.37 bits per heavy atom. The van der Waals surface area contributed by atoms with Gasteiger partial charge in [0.15, 0.2) is 0 Å². The number of carbonyl (C=O) groups excluding carboxylic acids is 1. The molecule has 0 aliphatic heterocycles. The molecule has 0 fully saturated rings. The Kier molecular flexibility index (Phi) is 5.14. The Morgan fingerprint density at radius 3 is 2.58 bits per heavy atom. The van der Waals surface area contributed by atoms with Crippen LogP contribution in [0.3, 0.4) is 0 Å². The zero-order valence-corrected chi connectivity index (χ0v) is 12.0. The standard InChI is InChI=1S/C16H21NO2/c1-12-11-14(17-15(19)16(2,3)4)9-8-13(12)7-5-6-10-18/h8-9,11,18H,6,10H2,1-4H3,(H,17,19). The van der Waals surface area contributed by atoms with Crippen LogP contribution in [0.25, 0.3) is 0 Å². The van der Waals surface area contributed by atoms with E-state index >= 15 is 0 Å². The summed E-state index contributed by atoms with van der Waals surface area (Å²) >= 11 is 0. The number of aliphatic hydroxyl groups excluding tert-OH is 1. The predicted octanol–water partition coefficient (Wildman–Crippen LogP) is 2.71. The van der Waals surface area contributed by atoms with Gasteiger partial charge in [-0.2, -0.15) is 0 Å². The third-order valence-electron chi connectivity index (χ3n) is 2.63. The quantitative estimate of drug-likeness (QED) is 0.802. The largest absolute Gasteiger partial charge is 0.395 e. The van der Waals surface area contributed by atoms with E-state index in [2.05, 4.69) is 17.2 Å². The molecule has 1 amide bonds. The number of aryl methyl sites for hydroxylation is 1. The molecular formula is C16H21NO2. The van der Waals surface area contributed by atoms with E-state index in [4.69, 9.17) is 5.11 Å². The van der Waals surface area contributed by atoms with E-state index in [1.54, 1.807) is 0 Å². The predicted molar refractivity (Wildman–Crippen MR) is 77.8 cm³/mol. The highest BCUT2D eigenvalue weighted by atomic mass is 16.2. The lowest BCUT2D eigenvalue weighted by atomic mass is 9.95. The molecule has 0 bridgehead atoms. The van der Waals surface area contributed by atoms with Crippen molar-refractivity contribution in [2.45, 2.75) is 34.1 Å². The molecule has 0 unspecified atom stereocenters. The minimum atomic E-state index is -0.409. The van der Waals surface area contributed by atoms with E-state index in [-0.39, 0.29) is 12.5 Å². The smallest absolute Gasteiger partial charge is 0.229 e. The summed E-state index contributed by atoms with van der Waals surface area (Å²) < 4.78 is 0. The first kappa shape index (κ1) is 15.3. The number of carbonyl (C=O) groups is 1. The molecule has 1 aromatic rings. The Labute approximate surface area is 115 Å². The van der Waals surface area contributed by atoms with E-state index in [1.807, 2.05) is 45.9 Å². The molecular weight excluding hydrogens is 238 g/mol. The van der Waals surface area contributed by atoms with E-state index in [1.165, 1.54) is 0 Å². The first-order valence-electron chi connectivity index (χ1n) is 6.36. The van der Waals surface area contributed by atoms with Crippen molar-refractivity contribution in [2.75, 3.05) is 11.9 Å². The topological polar surface area (TPSA) is 49.3 Å². The molecule has 0 atom stereocenters. The maximum Gasteiger partial charge on any atom is 0.229 e. The average Bonchev–Trinajstić information content (AvgIpc) is 2.31. The van der Waals surface area contributed by atoms with Crippen LogP contribution in [-0.2, 0) is 4.79 Å². The zero-order valence-electron chi connectivity index (χ0n) is 12.0. The van der Waals surface area contributed by atoms with Crippen molar-refractivity contribution in [3.63, 3.8) is 0 Å². The van der Waals surface area contributed by atoms with Gasteiger partial charge in [-0.1, -0.05) is 32.6 Å². The molecule has 0 radical (unpaired) electrons. The van der Waals surface area contributed by atoms with Gasteiger partial charge in [0.1, 0.15) is 0 Å². The van der Waals surface area contributed by atoms with E-state index < -0.39 is 5.41 Å². The molecule has 0 heterocycles.